The molecule has 1 aromatic heterocycles. The Hall–Kier alpha value is -2.90. The van der Waals surface area contributed by atoms with Crippen LogP contribution < -0.4 is 0 Å². The number of aromatic amines is 1. The molecule has 1 saturated carbocycles. The highest BCUT2D eigenvalue weighted by molar-refractivity contribution is 5.96. The molecule has 3 aliphatic rings. The van der Waals surface area contributed by atoms with Gasteiger partial charge >= 0.3 is 0 Å². The lowest BCUT2D eigenvalue weighted by atomic mass is 10.1. The van der Waals surface area contributed by atoms with E-state index in [1.165, 1.54) is 6.07 Å². The Bertz CT molecular complexity index is 941. The molecule has 2 aromatic rings. The summed E-state index contributed by atoms with van der Waals surface area (Å²) in [5.74, 6) is -0.860. The van der Waals surface area contributed by atoms with Gasteiger partial charge in [-0.15, -0.1) is 0 Å². The number of nitrogens with one attached hydrogen (secondary N) is 1. The van der Waals surface area contributed by atoms with Gasteiger partial charge in [0.1, 0.15) is 17.3 Å². The highest BCUT2D eigenvalue weighted by Gasteiger charge is 2.45. The molecule has 7 nitrogen and oxygen atoms in total. The van der Waals surface area contributed by atoms with Crippen molar-refractivity contribution in [2.24, 2.45) is 0 Å². The first-order chi connectivity index (χ1) is 13.5. The number of H-pyrrole nitrogens is 1. The van der Waals surface area contributed by atoms with E-state index >= 15 is 0 Å². The lowest BCUT2D eigenvalue weighted by Crippen LogP contribution is -2.57. The van der Waals surface area contributed by atoms with E-state index in [-0.39, 0.29) is 29.3 Å². The lowest BCUT2D eigenvalue weighted by molar-refractivity contribution is 0.0354. The van der Waals surface area contributed by atoms with Gasteiger partial charge in [-0.1, -0.05) is 0 Å². The van der Waals surface area contributed by atoms with E-state index < -0.39 is 11.7 Å². The summed E-state index contributed by atoms with van der Waals surface area (Å²) in [5.41, 5.74) is 1.31. The Morgan fingerprint density at radius 3 is 2.46 bits per heavy atom. The molecule has 3 heterocycles. The van der Waals surface area contributed by atoms with E-state index in [0.29, 0.717) is 24.7 Å². The van der Waals surface area contributed by atoms with Gasteiger partial charge in [-0.2, -0.15) is 5.10 Å². The number of aromatic hydroxyl groups is 1. The number of amides is 2. The van der Waals surface area contributed by atoms with Crippen molar-refractivity contribution in [1.82, 2.24) is 20.0 Å². The molecular weight excluding hydrogens is 363 g/mol. The zero-order valence-corrected chi connectivity index (χ0v) is 15.3. The third-order valence-electron chi connectivity index (χ3n) is 6.02. The molecule has 146 valence electrons. The SMILES string of the molecule is O=C(c1cc(O)ccc1F)N1CC2CCC(C1)N2C(=O)c1cc(C2CC2)[nH]n1. The molecule has 0 spiro atoms. The van der Waals surface area contributed by atoms with Crippen LogP contribution in [0.4, 0.5) is 4.39 Å². The molecule has 0 radical (unpaired) electrons. The van der Waals surface area contributed by atoms with Gasteiger partial charge in [0.2, 0.25) is 0 Å². The Morgan fingerprint density at radius 2 is 1.79 bits per heavy atom. The first kappa shape index (κ1) is 17.2. The van der Waals surface area contributed by atoms with E-state index in [2.05, 4.69) is 10.2 Å². The fraction of sp³-hybridized carbons (Fsp3) is 0.450. The molecule has 1 aliphatic carbocycles. The van der Waals surface area contributed by atoms with Crippen molar-refractivity contribution in [2.75, 3.05) is 13.1 Å². The summed E-state index contributed by atoms with van der Waals surface area (Å²) in [6, 6.07) is 5.10. The number of benzene rings is 1. The average Bonchev–Trinajstić information content (AvgIpc) is 3.36. The zero-order chi connectivity index (χ0) is 19.4. The zero-order valence-electron chi connectivity index (χ0n) is 15.3. The molecule has 2 bridgehead atoms. The molecule has 2 aliphatic heterocycles. The molecule has 3 fully saturated rings. The van der Waals surface area contributed by atoms with Crippen LogP contribution in [0.5, 0.6) is 5.75 Å². The smallest absolute Gasteiger partial charge is 0.274 e. The van der Waals surface area contributed by atoms with Crippen molar-refractivity contribution in [2.45, 2.75) is 43.7 Å². The topological polar surface area (TPSA) is 89.5 Å². The van der Waals surface area contributed by atoms with Crippen LogP contribution in [0.3, 0.4) is 0 Å². The summed E-state index contributed by atoms with van der Waals surface area (Å²) in [7, 11) is 0. The van der Waals surface area contributed by atoms with Crippen LogP contribution in [0.15, 0.2) is 24.3 Å². The number of nitrogens with zero attached hydrogens (tertiary/aromatic N) is 3. The Labute approximate surface area is 161 Å². The number of hydrogen-bond donors (Lipinski definition) is 2. The minimum absolute atomic E-state index is 0.100. The van der Waals surface area contributed by atoms with Crippen LogP contribution in [-0.4, -0.2) is 62.1 Å². The Balaban J connectivity index is 1.33. The monoisotopic (exact) mass is 384 g/mol. The number of piperazine rings is 1. The second-order valence-electron chi connectivity index (χ2n) is 7.95. The van der Waals surface area contributed by atoms with E-state index in [4.69, 9.17) is 0 Å². The molecule has 8 heteroatoms. The van der Waals surface area contributed by atoms with Gasteiger partial charge in [-0.3, -0.25) is 14.7 Å². The Kier molecular flexibility index (Phi) is 3.89. The maximum atomic E-state index is 14.0. The summed E-state index contributed by atoms with van der Waals surface area (Å²) < 4.78 is 14.0. The molecule has 2 saturated heterocycles. The van der Waals surface area contributed by atoms with Crippen molar-refractivity contribution in [3.8, 4) is 5.75 Å². The van der Waals surface area contributed by atoms with E-state index in [1.54, 1.807) is 4.90 Å². The first-order valence-electron chi connectivity index (χ1n) is 9.67. The number of halogens is 1. The summed E-state index contributed by atoms with van der Waals surface area (Å²) in [6.07, 6.45) is 3.88. The predicted molar refractivity (Wildman–Crippen MR) is 97.5 cm³/mol. The highest BCUT2D eigenvalue weighted by Crippen LogP contribution is 2.39. The van der Waals surface area contributed by atoms with Gasteiger partial charge in [-0.05, 0) is 49.9 Å². The standard InChI is InChI=1S/C20H21FN4O3/c21-16-6-5-14(26)7-15(16)19(27)24-9-12-3-4-13(10-24)25(12)20(28)18-8-17(22-23-18)11-1-2-11/h5-8,11-13,26H,1-4,9-10H2,(H,22,23). The maximum absolute atomic E-state index is 14.0. The summed E-state index contributed by atoms with van der Waals surface area (Å²) >= 11 is 0. The number of carbonyl (C=O) groups excluding carboxylic acids is 2. The van der Waals surface area contributed by atoms with Gasteiger partial charge < -0.3 is 14.9 Å². The average molecular weight is 384 g/mol. The molecule has 5 rings (SSSR count). The minimum Gasteiger partial charge on any atom is -0.508 e. The van der Waals surface area contributed by atoms with E-state index in [9.17, 15) is 19.1 Å². The molecule has 28 heavy (non-hydrogen) atoms. The normalized spacial score (nSPS) is 23.9. The van der Waals surface area contributed by atoms with Crippen molar-refractivity contribution >= 4 is 11.8 Å². The lowest BCUT2D eigenvalue weighted by Gasteiger charge is -2.40. The molecule has 2 amide bonds. The second-order valence-corrected chi connectivity index (χ2v) is 7.95. The predicted octanol–water partition coefficient (Wildman–Crippen LogP) is 2.26. The largest absolute Gasteiger partial charge is 0.508 e. The Morgan fingerprint density at radius 1 is 1.07 bits per heavy atom. The molecular formula is C20H21FN4O3. The van der Waals surface area contributed by atoms with Gasteiger partial charge in [0, 0.05) is 24.7 Å². The molecule has 2 N–H and O–H groups in total. The highest BCUT2D eigenvalue weighted by atomic mass is 19.1. The number of carbonyl (C=O) groups is 2. The van der Waals surface area contributed by atoms with Gasteiger partial charge in [0.25, 0.3) is 11.8 Å². The first-order valence-corrected chi connectivity index (χ1v) is 9.67. The van der Waals surface area contributed by atoms with Gasteiger partial charge in [0.05, 0.1) is 17.6 Å². The maximum Gasteiger partial charge on any atom is 0.274 e. The van der Waals surface area contributed by atoms with E-state index in [0.717, 1.165) is 43.5 Å². The number of phenols is 1. The number of aromatic nitrogens is 2. The van der Waals surface area contributed by atoms with Crippen LogP contribution in [0, 0.1) is 5.82 Å². The summed E-state index contributed by atoms with van der Waals surface area (Å²) in [6.45, 7) is 0.714. The number of likely N-dealkylation sites (tertiary alicyclic amines) is 1. The number of fused-ring (bicyclic) bond motifs is 2. The van der Waals surface area contributed by atoms with Crippen molar-refractivity contribution in [1.29, 1.82) is 0 Å². The third kappa shape index (κ3) is 2.83. The minimum atomic E-state index is -0.655. The van der Waals surface area contributed by atoms with Crippen LogP contribution >= 0.6 is 0 Å². The molecule has 2 atom stereocenters. The van der Waals surface area contributed by atoms with Crippen molar-refractivity contribution in [3.05, 3.63) is 47.0 Å². The van der Waals surface area contributed by atoms with Crippen LogP contribution in [0.25, 0.3) is 0 Å². The van der Waals surface area contributed by atoms with Crippen LogP contribution in [-0.2, 0) is 0 Å². The number of phenolic OH excluding ortho intramolecular Hbond substituents is 1. The number of hydrogen-bond acceptors (Lipinski definition) is 4. The van der Waals surface area contributed by atoms with E-state index in [1.807, 2.05) is 11.0 Å². The molecule has 2 unspecified atom stereocenters. The fourth-order valence-corrected chi connectivity index (χ4v) is 4.43. The van der Waals surface area contributed by atoms with Crippen LogP contribution in [0.2, 0.25) is 0 Å². The third-order valence-corrected chi connectivity index (χ3v) is 6.02. The number of rotatable bonds is 3. The molecule has 1 aromatic carbocycles. The van der Waals surface area contributed by atoms with Gasteiger partial charge in [0.15, 0.2) is 0 Å². The van der Waals surface area contributed by atoms with Crippen molar-refractivity contribution in [3.63, 3.8) is 0 Å². The van der Waals surface area contributed by atoms with Crippen LogP contribution in [0.1, 0.15) is 58.1 Å². The summed E-state index contributed by atoms with van der Waals surface area (Å²) in [5, 5.41) is 16.8. The quantitative estimate of drug-likeness (QED) is 0.850. The van der Waals surface area contributed by atoms with Crippen molar-refractivity contribution < 1.29 is 19.1 Å². The summed E-state index contributed by atoms with van der Waals surface area (Å²) in [4.78, 5) is 29.2. The van der Waals surface area contributed by atoms with Gasteiger partial charge in [-0.25, -0.2) is 4.39 Å². The second kappa shape index (κ2) is 6.32. The fourth-order valence-electron chi connectivity index (χ4n) is 4.43.